The number of rotatable bonds is 4. The highest BCUT2D eigenvalue weighted by molar-refractivity contribution is 6.33. The van der Waals surface area contributed by atoms with Gasteiger partial charge in [0.25, 0.3) is 5.91 Å². The quantitative estimate of drug-likeness (QED) is 0.659. The zero-order valence-corrected chi connectivity index (χ0v) is 17.6. The number of imidazole rings is 1. The van der Waals surface area contributed by atoms with Gasteiger partial charge >= 0.3 is 0 Å². The van der Waals surface area contributed by atoms with Crippen molar-refractivity contribution in [1.29, 1.82) is 0 Å². The number of carbonyl (C=O) groups excluding carboxylic acids is 1. The molecule has 7 nitrogen and oxygen atoms in total. The number of alkyl halides is 1. The Morgan fingerprint density at radius 3 is 2.63 bits per heavy atom. The van der Waals surface area contributed by atoms with Gasteiger partial charge in [-0.25, -0.2) is 9.37 Å². The molecular weight excluding hydrogens is 411 g/mol. The van der Waals surface area contributed by atoms with E-state index in [1.54, 1.807) is 0 Å². The maximum atomic E-state index is 14.9. The summed E-state index contributed by atoms with van der Waals surface area (Å²) in [5.74, 6) is -0.550. The number of pyridine rings is 1. The summed E-state index contributed by atoms with van der Waals surface area (Å²) in [4.78, 5) is 36.2. The summed E-state index contributed by atoms with van der Waals surface area (Å²) in [5, 5.41) is 0.123. The number of hydrogen-bond acceptors (Lipinski definition) is 4. The third-order valence-electron chi connectivity index (χ3n) is 5.08. The van der Waals surface area contributed by atoms with Crippen molar-refractivity contribution in [2.75, 3.05) is 24.7 Å². The number of carbonyl (C=O) groups is 1. The second-order valence-electron chi connectivity index (χ2n) is 8.62. The minimum Gasteiger partial charge on any atom is -0.374 e. The van der Waals surface area contributed by atoms with Gasteiger partial charge in [-0.15, -0.1) is 0 Å². The molecule has 2 aromatic heterocycles. The number of benzene rings is 1. The molecule has 3 heterocycles. The first-order valence-electron chi connectivity index (χ1n) is 9.53. The van der Waals surface area contributed by atoms with E-state index in [0.717, 1.165) is 10.5 Å². The van der Waals surface area contributed by atoms with Gasteiger partial charge < -0.3 is 14.7 Å². The van der Waals surface area contributed by atoms with Gasteiger partial charge in [0.1, 0.15) is 5.82 Å². The number of anilines is 1. The summed E-state index contributed by atoms with van der Waals surface area (Å²) in [6.45, 7) is 5.66. The molecule has 0 radical (unpaired) electrons. The van der Waals surface area contributed by atoms with Crippen LogP contribution in [0.15, 0.2) is 35.1 Å². The van der Waals surface area contributed by atoms with Crippen molar-refractivity contribution in [3.8, 4) is 0 Å². The van der Waals surface area contributed by atoms with Crippen LogP contribution in [0.2, 0.25) is 5.02 Å². The molecule has 2 N–H and O–H groups in total. The number of halogens is 2. The smallest absolute Gasteiger partial charge is 0.295 e. The van der Waals surface area contributed by atoms with E-state index < -0.39 is 17.1 Å². The Balaban J connectivity index is 1.76. The lowest BCUT2D eigenvalue weighted by molar-refractivity contribution is -0.123. The van der Waals surface area contributed by atoms with E-state index in [2.05, 4.69) is 35.7 Å². The summed E-state index contributed by atoms with van der Waals surface area (Å²) in [5.41, 5.74) is 0.121. The van der Waals surface area contributed by atoms with E-state index >= 15 is 0 Å². The largest absolute Gasteiger partial charge is 0.374 e. The summed E-state index contributed by atoms with van der Waals surface area (Å²) < 4.78 is 19.8. The first kappa shape index (κ1) is 20.6. The number of nitrogens with one attached hydrogen (secondary N) is 2. The number of aromatic amines is 2. The van der Waals surface area contributed by atoms with Crippen molar-refractivity contribution >= 4 is 34.4 Å². The van der Waals surface area contributed by atoms with Crippen molar-refractivity contribution in [3.63, 3.8) is 0 Å². The second-order valence-corrected chi connectivity index (χ2v) is 9.03. The van der Waals surface area contributed by atoms with Crippen molar-refractivity contribution in [3.05, 3.63) is 57.1 Å². The van der Waals surface area contributed by atoms with Crippen LogP contribution in [0.25, 0.3) is 11.0 Å². The first-order chi connectivity index (χ1) is 14.1. The molecule has 0 atom stereocenters. The molecule has 1 amide bonds. The summed E-state index contributed by atoms with van der Waals surface area (Å²) in [7, 11) is 0. The summed E-state index contributed by atoms with van der Waals surface area (Å²) in [6.07, 6.45) is 0. The predicted molar refractivity (Wildman–Crippen MR) is 113 cm³/mol. The zero-order valence-electron chi connectivity index (χ0n) is 16.9. The van der Waals surface area contributed by atoms with Crippen LogP contribution < -0.4 is 10.5 Å². The molecule has 1 saturated heterocycles. The number of ether oxygens (including phenoxy) is 1. The molecule has 0 spiro atoms. The van der Waals surface area contributed by atoms with Crippen LogP contribution in [0.1, 0.15) is 37.0 Å². The molecule has 4 rings (SSSR count). The monoisotopic (exact) mass is 432 g/mol. The molecule has 158 valence electrons. The van der Waals surface area contributed by atoms with Crippen LogP contribution >= 0.6 is 11.6 Å². The highest BCUT2D eigenvalue weighted by atomic mass is 35.5. The number of aromatic nitrogens is 3. The number of amides is 1. The molecule has 1 aliphatic heterocycles. The minimum atomic E-state index is -1.73. The van der Waals surface area contributed by atoms with Gasteiger partial charge in [0.05, 0.1) is 35.8 Å². The molecule has 0 aliphatic carbocycles. The highest BCUT2D eigenvalue weighted by Gasteiger charge is 2.43. The number of fused-ring (bicyclic) bond motifs is 1. The number of H-pyrrole nitrogens is 2. The van der Waals surface area contributed by atoms with E-state index in [0.29, 0.717) is 11.0 Å². The van der Waals surface area contributed by atoms with Crippen LogP contribution in [0.3, 0.4) is 0 Å². The minimum absolute atomic E-state index is 0.0222. The Labute approximate surface area is 177 Å². The average Bonchev–Trinajstić information content (AvgIpc) is 3.09. The molecule has 0 unspecified atom stereocenters. The lowest BCUT2D eigenvalue weighted by Crippen LogP contribution is -2.55. The maximum absolute atomic E-state index is 14.9. The van der Waals surface area contributed by atoms with E-state index in [4.69, 9.17) is 16.3 Å². The zero-order chi connectivity index (χ0) is 21.7. The molecule has 0 bridgehead atoms. The summed E-state index contributed by atoms with van der Waals surface area (Å²) in [6, 6.07) is 8.35. The van der Waals surface area contributed by atoms with Crippen LogP contribution in [0.5, 0.6) is 0 Å². The topological polar surface area (TPSA) is 91.1 Å². The third-order valence-corrected chi connectivity index (χ3v) is 5.38. The van der Waals surface area contributed by atoms with Crippen molar-refractivity contribution in [1.82, 2.24) is 15.0 Å². The molecule has 3 aromatic rings. The standard InChI is InChI=1S/C21H22ClFN4O3/c1-20(2,3)12-4-6-14-15(8-12)25-17(24-14)19(29)27(9-21(23)10-30-11-21)18-13(22)5-7-16(28)26-18/h4-8H,9-11H2,1-3H3,(H,24,25)(H,26,28). The van der Waals surface area contributed by atoms with E-state index in [1.807, 2.05) is 18.2 Å². The second kappa shape index (κ2) is 7.21. The number of nitrogens with zero attached hydrogens (tertiary/aromatic N) is 2. The van der Waals surface area contributed by atoms with E-state index in [9.17, 15) is 14.0 Å². The first-order valence-corrected chi connectivity index (χ1v) is 9.91. The van der Waals surface area contributed by atoms with Gasteiger partial charge in [-0.05, 0) is 29.2 Å². The fourth-order valence-corrected chi connectivity index (χ4v) is 3.51. The van der Waals surface area contributed by atoms with E-state index in [-0.39, 0.29) is 41.8 Å². The van der Waals surface area contributed by atoms with Gasteiger partial charge in [0, 0.05) is 6.07 Å². The SMILES string of the molecule is CC(C)(C)c1ccc2[nH]c(C(=O)N(CC3(F)COC3)c3[nH]c(=O)ccc3Cl)nc2c1. The average molecular weight is 433 g/mol. The molecule has 9 heteroatoms. The van der Waals surface area contributed by atoms with Crippen LogP contribution in [0.4, 0.5) is 10.2 Å². The molecule has 30 heavy (non-hydrogen) atoms. The normalized spacial score (nSPS) is 15.8. The molecule has 1 aromatic carbocycles. The highest BCUT2D eigenvalue weighted by Crippen LogP contribution is 2.30. The van der Waals surface area contributed by atoms with Crippen molar-refractivity contribution < 1.29 is 13.9 Å². The molecular formula is C21H22ClFN4O3. The Bertz CT molecular complexity index is 1180. The Kier molecular flexibility index (Phi) is 4.94. The van der Waals surface area contributed by atoms with Crippen LogP contribution in [-0.4, -0.2) is 46.3 Å². The molecule has 0 saturated carbocycles. The summed E-state index contributed by atoms with van der Waals surface area (Å²) >= 11 is 6.21. The third kappa shape index (κ3) is 3.85. The lowest BCUT2D eigenvalue weighted by Gasteiger charge is -2.37. The van der Waals surface area contributed by atoms with Crippen LogP contribution in [0, 0.1) is 0 Å². The van der Waals surface area contributed by atoms with Gasteiger partial charge in [-0.3, -0.25) is 14.5 Å². The lowest BCUT2D eigenvalue weighted by atomic mass is 9.87. The van der Waals surface area contributed by atoms with Crippen molar-refractivity contribution in [2.45, 2.75) is 31.9 Å². The number of hydrogen-bond donors (Lipinski definition) is 2. The van der Waals surface area contributed by atoms with Crippen molar-refractivity contribution in [2.24, 2.45) is 0 Å². The fraction of sp³-hybridized carbons (Fsp3) is 0.381. The fourth-order valence-electron chi connectivity index (χ4n) is 3.29. The maximum Gasteiger partial charge on any atom is 0.295 e. The Morgan fingerprint density at radius 1 is 1.27 bits per heavy atom. The predicted octanol–water partition coefficient (Wildman–Crippen LogP) is 3.59. The van der Waals surface area contributed by atoms with E-state index in [1.165, 1.54) is 12.1 Å². The molecule has 1 fully saturated rings. The van der Waals surface area contributed by atoms with Crippen LogP contribution in [-0.2, 0) is 10.2 Å². The Hall–Kier alpha value is -2.71. The van der Waals surface area contributed by atoms with Gasteiger partial charge in [0.2, 0.25) is 5.56 Å². The van der Waals surface area contributed by atoms with Gasteiger partial charge in [0.15, 0.2) is 11.5 Å². The van der Waals surface area contributed by atoms with Gasteiger partial charge in [-0.1, -0.05) is 38.4 Å². The molecule has 1 aliphatic rings. The Morgan fingerprint density at radius 2 is 2.00 bits per heavy atom. The van der Waals surface area contributed by atoms with Gasteiger partial charge in [-0.2, -0.15) is 0 Å².